The maximum absolute atomic E-state index is 13.7. The van der Waals surface area contributed by atoms with Crippen molar-refractivity contribution in [3.63, 3.8) is 0 Å². The molecule has 2 heterocycles. The van der Waals surface area contributed by atoms with Gasteiger partial charge in [-0.3, -0.25) is 14.7 Å². The Balaban J connectivity index is 0.000000493. The first kappa shape index (κ1) is 29.3. The molecule has 41 heavy (non-hydrogen) atoms. The summed E-state index contributed by atoms with van der Waals surface area (Å²) in [4.78, 5) is 37.7. The van der Waals surface area contributed by atoms with E-state index in [1.807, 2.05) is 60.7 Å². The SMILES string of the molecule is Nc1n[nH]c2cc(CC(=O)[C@H](Cc3ccccc3)N3CCc4cc(C[NH3+])ccc4C3=O)ccc12.O=C([O-])C(F)(F)F. The number of amides is 1. The number of Topliss-reactive ketones (excluding diaryl/α,β-unsaturated/α-hetero) is 1. The van der Waals surface area contributed by atoms with Gasteiger partial charge < -0.3 is 26.3 Å². The number of hydrogen-bond acceptors (Lipinski definition) is 6. The zero-order valence-electron chi connectivity index (χ0n) is 21.9. The predicted octanol–water partition coefficient (Wildman–Crippen LogP) is 1.61. The Morgan fingerprint density at radius 1 is 1.05 bits per heavy atom. The fraction of sp³-hybridized carbons (Fsp3) is 0.241. The van der Waals surface area contributed by atoms with E-state index in [0.29, 0.717) is 30.9 Å². The number of rotatable bonds is 7. The molecule has 9 nitrogen and oxygen atoms in total. The number of benzene rings is 3. The number of halogens is 3. The van der Waals surface area contributed by atoms with E-state index < -0.39 is 18.2 Å². The number of anilines is 1. The van der Waals surface area contributed by atoms with Crippen LogP contribution in [0.1, 0.15) is 32.6 Å². The van der Waals surface area contributed by atoms with Crippen molar-refractivity contribution in [1.29, 1.82) is 0 Å². The van der Waals surface area contributed by atoms with Gasteiger partial charge in [0.2, 0.25) is 0 Å². The number of quaternary nitrogens is 1. The number of nitrogens with two attached hydrogens (primary N) is 1. The number of alkyl halides is 3. The highest BCUT2D eigenvalue weighted by atomic mass is 19.4. The fourth-order valence-electron chi connectivity index (χ4n) is 4.76. The van der Waals surface area contributed by atoms with E-state index in [9.17, 15) is 22.8 Å². The van der Waals surface area contributed by atoms with Crippen molar-refractivity contribution in [2.24, 2.45) is 0 Å². The zero-order chi connectivity index (χ0) is 29.7. The van der Waals surface area contributed by atoms with E-state index in [4.69, 9.17) is 15.6 Å². The van der Waals surface area contributed by atoms with Crippen LogP contribution >= 0.6 is 0 Å². The molecule has 214 valence electrons. The number of carboxylic acids is 1. The number of nitrogens with one attached hydrogen (secondary N) is 1. The van der Waals surface area contributed by atoms with Gasteiger partial charge >= 0.3 is 6.18 Å². The molecule has 1 aliphatic heterocycles. The monoisotopic (exact) mass is 567 g/mol. The molecule has 6 N–H and O–H groups in total. The molecular formula is C29H28F3N5O4. The first-order valence-corrected chi connectivity index (χ1v) is 12.8. The summed E-state index contributed by atoms with van der Waals surface area (Å²) in [5.41, 5.74) is 15.4. The highest BCUT2D eigenvalue weighted by Gasteiger charge is 2.34. The Morgan fingerprint density at radius 2 is 1.73 bits per heavy atom. The lowest BCUT2D eigenvalue weighted by atomic mass is 9.91. The van der Waals surface area contributed by atoms with Gasteiger partial charge in [0, 0.05) is 29.5 Å². The molecule has 0 bridgehead atoms. The molecule has 12 heteroatoms. The largest absolute Gasteiger partial charge is 0.542 e. The van der Waals surface area contributed by atoms with Crippen LogP contribution < -0.4 is 16.6 Å². The Hall–Kier alpha value is -4.71. The van der Waals surface area contributed by atoms with Crippen molar-refractivity contribution in [3.8, 4) is 0 Å². The molecule has 1 atom stereocenters. The maximum atomic E-state index is 13.7. The van der Waals surface area contributed by atoms with Crippen LogP contribution in [0.25, 0.3) is 10.9 Å². The number of hydrogen-bond donors (Lipinski definition) is 3. The molecule has 0 spiro atoms. The van der Waals surface area contributed by atoms with Gasteiger partial charge in [-0.25, -0.2) is 0 Å². The first-order chi connectivity index (χ1) is 19.5. The molecule has 1 amide bonds. The predicted molar refractivity (Wildman–Crippen MR) is 142 cm³/mol. The van der Waals surface area contributed by atoms with Crippen molar-refractivity contribution in [2.45, 2.75) is 38.0 Å². The summed E-state index contributed by atoms with van der Waals surface area (Å²) in [5, 5.41) is 16.6. The number of nitrogen functional groups attached to an aromatic ring is 1. The number of ketones is 1. The summed E-state index contributed by atoms with van der Waals surface area (Å²) in [6.45, 7) is 1.21. The number of aromatic amines is 1. The quantitative estimate of drug-likeness (QED) is 0.308. The van der Waals surface area contributed by atoms with E-state index in [2.05, 4.69) is 22.0 Å². The van der Waals surface area contributed by atoms with Gasteiger partial charge in [-0.1, -0.05) is 42.5 Å². The lowest BCUT2D eigenvalue weighted by Crippen LogP contribution is -2.50. The molecule has 4 aromatic rings. The topological polar surface area (TPSA) is 160 Å². The van der Waals surface area contributed by atoms with E-state index in [1.54, 1.807) is 4.90 Å². The summed E-state index contributed by atoms with van der Waals surface area (Å²) in [6.07, 6.45) is -3.76. The molecule has 5 rings (SSSR count). The van der Waals surface area contributed by atoms with Crippen molar-refractivity contribution in [2.75, 3.05) is 12.3 Å². The third-order valence-corrected chi connectivity index (χ3v) is 6.86. The number of nitrogens with zero attached hydrogens (tertiary/aromatic N) is 2. The number of carbonyl (C=O) groups excluding carboxylic acids is 3. The number of aromatic nitrogens is 2. The Morgan fingerprint density at radius 3 is 2.39 bits per heavy atom. The Kier molecular flexibility index (Phi) is 8.72. The van der Waals surface area contributed by atoms with Crippen molar-refractivity contribution >= 4 is 34.4 Å². The highest BCUT2D eigenvalue weighted by molar-refractivity contribution is 6.00. The van der Waals surface area contributed by atoms with Gasteiger partial charge in [-0.05, 0) is 53.8 Å². The normalized spacial score (nSPS) is 13.8. The van der Waals surface area contributed by atoms with E-state index in [1.165, 1.54) is 0 Å². The molecule has 0 aliphatic carbocycles. The molecule has 0 radical (unpaired) electrons. The summed E-state index contributed by atoms with van der Waals surface area (Å²) in [5.74, 6) is -2.63. The second kappa shape index (κ2) is 12.2. The molecule has 1 aliphatic rings. The number of aliphatic carboxylic acids is 1. The minimum atomic E-state index is -5.19. The van der Waals surface area contributed by atoms with Crippen LogP contribution in [0.2, 0.25) is 0 Å². The Bertz CT molecular complexity index is 1570. The van der Waals surface area contributed by atoms with Crippen LogP contribution in [0.4, 0.5) is 19.0 Å². The van der Waals surface area contributed by atoms with Crippen LogP contribution in [0.15, 0.2) is 66.7 Å². The van der Waals surface area contributed by atoms with Crippen LogP contribution in [0.3, 0.4) is 0 Å². The standard InChI is InChI=1S/C27H27N5O2.C2HF3O2/c28-16-19-7-8-21-20(12-19)10-11-32(27(21)34)24(14-17-4-2-1-3-5-17)25(33)15-18-6-9-22-23(13-18)30-31-26(22)29;3-2(4,5)1(6)7/h1-9,12-13,24H,10-11,14-16,28H2,(H3,29,30,31);(H,6,7)/t24-;/m0./s1. The lowest BCUT2D eigenvalue weighted by Gasteiger charge is -2.35. The van der Waals surface area contributed by atoms with Gasteiger partial charge in [0.15, 0.2) is 11.6 Å². The van der Waals surface area contributed by atoms with Crippen molar-refractivity contribution in [1.82, 2.24) is 15.1 Å². The molecule has 3 aromatic carbocycles. The average molecular weight is 568 g/mol. The third-order valence-electron chi connectivity index (χ3n) is 6.86. The van der Waals surface area contributed by atoms with Gasteiger partial charge in [-0.2, -0.15) is 18.3 Å². The van der Waals surface area contributed by atoms with E-state index in [-0.39, 0.29) is 18.1 Å². The van der Waals surface area contributed by atoms with Crippen molar-refractivity contribution in [3.05, 3.63) is 94.5 Å². The maximum Gasteiger partial charge on any atom is 0.430 e. The molecule has 0 saturated carbocycles. The molecule has 0 fully saturated rings. The second-order valence-electron chi connectivity index (χ2n) is 9.61. The number of H-pyrrole nitrogens is 1. The van der Waals surface area contributed by atoms with Crippen LogP contribution in [-0.2, 0) is 35.4 Å². The van der Waals surface area contributed by atoms with Gasteiger partial charge in [-0.15, -0.1) is 0 Å². The summed E-state index contributed by atoms with van der Waals surface area (Å²) < 4.78 is 31.5. The molecule has 0 saturated heterocycles. The molecule has 0 unspecified atom stereocenters. The van der Waals surface area contributed by atoms with Gasteiger partial charge in [0.1, 0.15) is 5.97 Å². The van der Waals surface area contributed by atoms with Crippen LogP contribution in [-0.4, -0.2) is 51.5 Å². The third kappa shape index (κ3) is 6.90. The first-order valence-electron chi connectivity index (χ1n) is 12.8. The summed E-state index contributed by atoms with van der Waals surface area (Å²) in [7, 11) is 0. The van der Waals surface area contributed by atoms with Gasteiger partial charge in [0.25, 0.3) is 5.91 Å². The summed E-state index contributed by atoms with van der Waals surface area (Å²) in [6, 6.07) is 20.9. The van der Waals surface area contributed by atoms with Crippen LogP contribution in [0.5, 0.6) is 0 Å². The van der Waals surface area contributed by atoms with E-state index >= 15 is 0 Å². The van der Waals surface area contributed by atoms with Crippen LogP contribution in [0, 0.1) is 0 Å². The summed E-state index contributed by atoms with van der Waals surface area (Å²) >= 11 is 0. The minimum absolute atomic E-state index is 0.0156. The highest BCUT2D eigenvalue weighted by Crippen LogP contribution is 2.25. The molecular weight excluding hydrogens is 539 g/mol. The second-order valence-corrected chi connectivity index (χ2v) is 9.61. The fourth-order valence-corrected chi connectivity index (χ4v) is 4.76. The number of fused-ring (bicyclic) bond motifs is 2. The Labute approximate surface area is 232 Å². The lowest BCUT2D eigenvalue weighted by molar-refractivity contribution is -0.386. The average Bonchev–Trinajstić information content (AvgIpc) is 3.32. The molecule has 1 aromatic heterocycles. The zero-order valence-corrected chi connectivity index (χ0v) is 21.9. The number of carboxylic acid groups (broad SMARTS) is 1. The minimum Gasteiger partial charge on any atom is -0.542 e. The van der Waals surface area contributed by atoms with E-state index in [0.717, 1.165) is 39.6 Å². The van der Waals surface area contributed by atoms with Gasteiger partial charge in [0.05, 0.1) is 18.1 Å². The number of carbonyl (C=O) groups is 3. The smallest absolute Gasteiger partial charge is 0.430 e. The van der Waals surface area contributed by atoms with Crippen molar-refractivity contribution < 1.29 is 38.4 Å².